The van der Waals surface area contributed by atoms with Crippen LogP contribution in [-0.2, 0) is 39.8 Å². The van der Waals surface area contributed by atoms with Gasteiger partial charge in [0.15, 0.2) is 11.6 Å². The molecular formula is C42H55Br2N3O9. The number of cyclic esters (lactones) is 1. The molecule has 12 nitrogen and oxygen atoms in total. The van der Waals surface area contributed by atoms with Gasteiger partial charge in [0.1, 0.15) is 23.9 Å². The van der Waals surface area contributed by atoms with E-state index in [9.17, 15) is 29.4 Å². The fourth-order valence-corrected chi connectivity index (χ4v) is 8.29. The fourth-order valence-electron chi connectivity index (χ4n) is 7.01. The predicted molar refractivity (Wildman–Crippen MR) is 219 cm³/mol. The lowest BCUT2D eigenvalue weighted by Gasteiger charge is -2.35. The third kappa shape index (κ3) is 10.7. The van der Waals surface area contributed by atoms with Crippen LogP contribution >= 0.6 is 31.9 Å². The molecule has 4 rings (SSSR count). The van der Waals surface area contributed by atoms with Gasteiger partial charge in [-0.05, 0) is 94.3 Å². The van der Waals surface area contributed by atoms with E-state index in [0.717, 1.165) is 5.57 Å². The summed E-state index contributed by atoms with van der Waals surface area (Å²) in [5.41, 5.74) is -0.880. The van der Waals surface area contributed by atoms with Crippen molar-refractivity contribution in [2.45, 2.75) is 115 Å². The van der Waals surface area contributed by atoms with Gasteiger partial charge in [-0.15, -0.1) is 0 Å². The average Bonchev–Trinajstić information content (AvgIpc) is 3.81. The Kier molecular flexibility index (Phi) is 15.2. The molecule has 0 aliphatic carbocycles. The summed E-state index contributed by atoms with van der Waals surface area (Å²) >= 11 is 6.67. The largest absolute Gasteiger partial charge is 0.506 e. The van der Waals surface area contributed by atoms with Gasteiger partial charge in [0.25, 0.3) is 5.91 Å². The van der Waals surface area contributed by atoms with Crippen LogP contribution in [0.2, 0.25) is 0 Å². The molecule has 0 aromatic heterocycles. The number of hydrogen-bond acceptors (Lipinski definition) is 9. The van der Waals surface area contributed by atoms with E-state index in [1.807, 2.05) is 76.3 Å². The average molecular weight is 906 g/mol. The first kappa shape index (κ1) is 45.1. The number of rotatable bonds is 7. The number of carbonyl (C=O) groups is 4. The highest BCUT2D eigenvalue weighted by atomic mass is 79.9. The predicted octanol–water partition coefficient (Wildman–Crippen LogP) is 6.07. The second-order valence-electron chi connectivity index (χ2n) is 15.6. The Morgan fingerprint density at radius 3 is 2.27 bits per heavy atom. The van der Waals surface area contributed by atoms with Gasteiger partial charge in [0.05, 0.1) is 26.8 Å². The Balaban J connectivity index is 1.83. The van der Waals surface area contributed by atoms with Crippen LogP contribution in [0.1, 0.15) is 78.5 Å². The number of nitrogens with one attached hydrogen (secondary N) is 2. The number of phenolic OH excluding ortho intramolecular Hbond substituents is 1. The Morgan fingerprint density at radius 1 is 1.07 bits per heavy atom. The number of fused-ring (bicyclic) bond motifs is 1. The van der Waals surface area contributed by atoms with Gasteiger partial charge in [0.2, 0.25) is 11.8 Å². The maximum absolute atomic E-state index is 14.4. The molecule has 2 aliphatic heterocycles. The van der Waals surface area contributed by atoms with Crippen molar-refractivity contribution in [1.29, 1.82) is 0 Å². The molecule has 2 aromatic rings. The molecule has 56 heavy (non-hydrogen) atoms. The molecule has 2 aromatic carbocycles. The zero-order valence-corrected chi connectivity index (χ0v) is 36.6. The highest BCUT2D eigenvalue weighted by molar-refractivity contribution is 9.11. The number of ether oxygens (including phenoxy) is 3. The van der Waals surface area contributed by atoms with Gasteiger partial charge < -0.3 is 40.0 Å². The Bertz CT molecular complexity index is 1790. The van der Waals surface area contributed by atoms with Crippen molar-refractivity contribution >= 4 is 55.6 Å². The van der Waals surface area contributed by atoms with Crippen LogP contribution in [0.3, 0.4) is 0 Å². The molecule has 0 radical (unpaired) electrons. The lowest BCUT2D eigenvalue weighted by atomic mass is 9.93. The Morgan fingerprint density at radius 2 is 1.70 bits per heavy atom. The molecule has 0 saturated carbocycles. The van der Waals surface area contributed by atoms with Gasteiger partial charge in [-0.25, -0.2) is 4.79 Å². The monoisotopic (exact) mass is 903 g/mol. The Labute approximate surface area is 346 Å². The van der Waals surface area contributed by atoms with Crippen molar-refractivity contribution in [3.8, 4) is 5.75 Å². The number of methoxy groups -OCH3 is 1. The van der Waals surface area contributed by atoms with Gasteiger partial charge in [-0.2, -0.15) is 0 Å². The van der Waals surface area contributed by atoms with Crippen molar-refractivity contribution in [2.75, 3.05) is 14.2 Å². The molecule has 3 amide bonds. The number of halogens is 2. The molecule has 2 aliphatic rings. The number of epoxide rings is 1. The molecule has 4 N–H and O–H groups in total. The molecule has 0 spiro atoms. The summed E-state index contributed by atoms with van der Waals surface area (Å²) in [6.07, 6.45) is 4.83. The zero-order chi connectivity index (χ0) is 41.7. The summed E-state index contributed by atoms with van der Waals surface area (Å²) < 4.78 is 18.7. The maximum Gasteiger partial charge on any atom is 0.332 e. The van der Waals surface area contributed by atoms with E-state index in [1.54, 1.807) is 33.2 Å². The summed E-state index contributed by atoms with van der Waals surface area (Å²) in [6, 6.07) is 8.52. The number of hydrogen-bond donors (Lipinski definition) is 4. The number of benzene rings is 2. The van der Waals surface area contributed by atoms with Crippen molar-refractivity contribution in [3.63, 3.8) is 0 Å². The second kappa shape index (κ2) is 18.8. The number of amides is 3. The minimum Gasteiger partial charge on any atom is -0.506 e. The molecule has 306 valence electrons. The molecule has 9 atom stereocenters. The number of phenols is 1. The van der Waals surface area contributed by atoms with Crippen LogP contribution in [0.4, 0.5) is 0 Å². The van der Waals surface area contributed by atoms with Crippen LogP contribution in [0.15, 0.2) is 75.2 Å². The molecule has 2 heterocycles. The smallest absolute Gasteiger partial charge is 0.332 e. The normalized spacial score (nSPS) is 30.8. The van der Waals surface area contributed by atoms with Crippen molar-refractivity contribution in [3.05, 3.63) is 86.3 Å². The molecule has 9 unspecified atom stereocenters. The summed E-state index contributed by atoms with van der Waals surface area (Å²) in [6.45, 7) is 12.0. The molecular weight excluding hydrogens is 850 g/mol. The number of aromatic hydroxyl groups is 1. The van der Waals surface area contributed by atoms with Crippen LogP contribution in [0.5, 0.6) is 5.75 Å². The van der Waals surface area contributed by atoms with Gasteiger partial charge >= 0.3 is 5.97 Å². The molecule has 1 fully saturated rings. The van der Waals surface area contributed by atoms with E-state index in [0.29, 0.717) is 32.9 Å². The van der Waals surface area contributed by atoms with E-state index < -0.39 is 59.3 Å². The number of esters is 1. The fraction of sp³-hybridized carbons (Fsp3) is 0.524. The second-order valence-corrected chi connectivity index (χ2v) is 17.3. The number of carbonyl (C=O) groups excluding carboxylic acids is 4. The lowest BCUT2D eigenvalue weighted by Crippen LogP contribution is -2.61. The summed E-state index contributed by atoms with van der Waals surface area (Å²) in [5.74, 6) is -3.40. The van der Waals surface area contributed by atoms with Crippen LogP contribution < -0.4 is 10.6 Å². The molecule has 14 heteroatoms. The summed E-state index contributed by atoms with van der Waals surface area (Å²) in [4.78, 5) is 58.4. The van der Waals surface area contributed by atoms with Gasteiger partial charge in [-0.1, -0.05) is 75.8 Å². The Hall–Kier alpha value is -3.56. The van der Waals surface area contributed by atoms with Gasteiger partial charge in [-0.3, -0.25) is 14.4 Å². The van der Waals surface area contributed by atoms with E-state index in [-0.39, 0.29) is 36.0 Å². The number of allylic oxidation sites excluding steroid dienone is 2. The zero-order valence-electron chi connectivity index (χ0n) is 33.5. The standard InChI is InChI=1S/C42H55Br2N3O9/c1-10-23(2)33-38(50)45-30(21-26-19-28(43)34(48)29(44)20-26)37(49)46-36(41(5,6)53)39(51)55-35(27-17-12-11-13-18-27)25(4)16-14-15-24(3)31(54-9)22-32-42(7,56-32)40(52)47(33)8/h11-20,23,25,30-33,35-36,48,53H,10,21-22H2,1-9H3,(H,45,50)(H,46,49)/b16-14+,24-15+. The van der Waals surface area contributed by atoms with Crippen LogP contribution in [0, 0.1) is 11.8 Å². The molecule has 1 saturated heterocycles. The molecule has 0 bridgehead atoms. The third-order valence-corrected chi connectivity index (χ3v) is 12.0. The van der Waals surface area contributed by atoms with Crippen LogP contribution in [0.25, 0.3) is 0 Å². The van der Waals surface area contributed by atoms with Crippen molar-refractivity contribution in [2.24, 2.45) is 11.8 Å². The first-order valence-corrected chi connectivity index (χ1v) is 20.4. The van der Waals surface area contributed by atoms with E-state index in [1.165, 1.54) is 18.7 Å². The third-order valence-electron chi connectivity index (χ3n) is 10.8. The SMILES string of the molecule is CCC(C)C1C(=O)NC(Cc2cc(Br)c(O)c(Br)c2)C(=O)NC(C(C)(C)O)C(=O)OC(c2ccccc2)C(C)/C=C/C=C(\C)C(OC)CC2OC2(C)C(=O)N1C. The summed E-state index contributed by atoms with van der Waals surface area (Å²) in [5, 5.41) is 27.2. The number of likely N-dealkylation sites (N-methyl/N-ethyl adjacent to an activating group) is 1. The van der Waals surface area contributed by atoms with Crippen molar-refractivity contribution < 1.29 is 43.6 Å². The quantitative estimate of drug-likeness (QED) is 0.191. The highest BCUT2D eigenvalue weighted by Gasteiger charge is 2.61. The van der Waals surface area contributed by atoms with Crippen LogP contribution in [-0.4, -0.2) is 94.5 Å². The highest BCUT2D eigenvalue weighted by Crippen LogP contribution is 2.42. The van der Waals surface area contributed by atoms with E-state index in [4.69, 9.17) is 14.2 Å². The first-order valence-electron chi connectivity index (χ1n) is 18.8. The van der Waals surface area contributed by atoms with E-state index in [2.05, 4.69) is 42.5 Å². The minimum absolute atomic E-state index is 0.0511. The lowest BCUT2D eigenvalue weighted by molar-refractivity contribution is -0.162. The minimum atomic E-state index is -1.81. The maximum atomic E-state index is 14.4. The van der Waals surface area contributed by atoms with Crippen molar-refractivity contribution in [1.82, 2.24) is 15.5 Å². The first-order chi connectivity index (χ1) is 26.2. The van der Waals surface area contributed by atoms with E-state index >= 15 is 0 Å². The van der Waals surface area contributed by atoms with Gasteiger partial charge in [0, 0.05) is 32.9 Å². The number of nitrogens with zero attached hydrogens (tertiary/aromatic N) is 1. The number of aliphatic hydroxyl groups is 1. The summed E-state index contributed by atoms with van der Waals surface area (Å²) in [7, 11) is 3.15. The topological polar surface area (TPSA) is 167 Å².